The van der Waals surface area contributed by atoms with Gasteiger partial charge in [0.2, 0.25) is 0 Å². The van der Waals surface area contributed by atoms with Gasteiger partial charge in [0, 0.05) is 19.8 Å². The third-order valence-corrected chi connectivity index (χ3v) is 2.72. The van der Waals surface area contributed by atoms with Crippen molar-refractivity contribution >= 4 is 5.91 Å². The smallest absolute Gasteiger partial charge is 0.254 e. The summed E-state index contributed by atoms with van der Waals surface area (Å²) in [5.41, 5.74) is 0.421. The van der Waals surface area contributed by atoms with Gasteiger partial charge >= 0.3 is 0 Å². The number of amides is 1. The van der Waals surface area contributed by atoms with Crippen LogP contribution in [-0.2, 0) is 7.05 Å². The normalized spacial score (nSPS) is 12.0. The van der Waals surface area contributed by atoms with Crippen molar-refractivity contribution in [2.45, 2.75) is 6.10 Å². The molecule has 1 aromatic carbocycles. The summed E-state index contributed by atoms with van der Waals surface area (Å²) in [6, 6.07) is 5.48. The van der Waals surface area contributed by atoms with Crippen molar-refractivity contribution in [3.05, 3.63) is 48.0 Å². The highest BCUT2D eigenvalue weighted by Gasteiger charge is 2.11. The molecule has 2 aromatic rings. The summed E-state index contributed by atoms with van der Waals surface area (Å²) >= 11 is 0. The van der Waals surface area contributed by atoms with Crippen LogP contribution in [0.4, 0.5) is 4.39 Å². The molecule has 0 saturated carbocycles. The monoisotopic (exact) mass is 293 g/mol. The van der Waals surface area contributed by atoms with Crippen LogP contribution in [0.2, 0.25) is 0 Å². The zero-order valence-electron chi connectivity index (χ0n) is 11.5. The molecule has 0 radical (unpaired) electrons. The highest BCUT2D eigenvalue weighted by molar-refractivity contribution is 5.93. The Labute approximate surface area is 121 Å². The lowest BCUT2D eigenvalue weighted by atomic mass is 10.3. The number of rotatable bonds is 6. The fourth-order valence-electron chi connectivity index (χ4n) is 1.63. The van der Waals surface area contributed by atoms with Gasteiger partial charge in [0.1, 0.15) is 24.3 Å². The van der Waals surface area contributed by atoms with Crippen molar-refractivity contribution in [2.75, 3.05) is 13.2 Å². The molecular formula is C14H16FN3O3. The predicted octanol–water partition coefficient (Wildman–Crippen LogP) is 0.729. The van der Waals surface area contributed by atoms with Crippen LogP contribution in [0.1, 0.15) is 10.4 Å². The SMILES string of the molecule is Cn1cc(C(=O)NCC(O)COc2ccc(F)cc2)cn1. The van der Waals surface area contributed by atoms with Crippen molar-refractivity contribution in [1.29, 1.82) is 0 Å². The molecule has 0 aliphatic heterocycles. The minimum atomic E-state index is -0.865. The van der Waals surface area contributed by atoms with E-state index in [9.17, 15) is 14.3 Å². The number of carbonyl (C=O) groups excluding carboxylic acids is 1. The van der Waals surface area contributed by atoms with Crippen molar-refractivity contribution in [2.24, 2.45) is 7.05 Å². The molecule has 1 unspecified atom stereocenters. The fourth-order valence-corrected chi connectivity index (χ4v) is 1.63. The number of aliphatic hydroxyl groups is 1. The van der Waals surface area contributed by atoms with Crippen LogP contribution < -0.4 is 10.1 Å². The quantitative estimate of drug-likeness (QED) is 0.823. The molecule has 2 rings (SSSR count). The number of nitrogens with zero attached hydrogens (tertiary/aromatic N) is 2. The van der Waals surface area contributed by atoms with Gasteiger partial charge in [-0.15, -0.1) is 0 Å². The molecule has 7 heteroatoms. The van der Waals surface area contributed by atoms with Gasteiger partial charge in [-0.3, -0.25) is 9.48 Å². The maximum Gasteiger partial charge on any atom is 0.254 e. The summed E-state index contributed by atoms with van der Waals surface area (Å²) in [6.45, 7) is 0.0495. The minimum Gasteiger partial charge on any atom is -0.491 e. The van der Waals surface area contributed by atoms with Crippen LogP contribution in [0, 0.1) is 5.82 Å². The van der Waals surface area contributed by atoms with Gasteiger partial charge in [-0.1, -0.05) is 0 Å². The van der Waals surface area contributed by atoms with E-state index in [1.807, 2.05) is 0 Å². The van der Waals surface area contributed by atoms with Gasteiger partial charge < -0.3 is 15.2 Å². The van der Waals surface area contributed by atoms with E-state index >= 15 is 0 Å². The molecule has 2 N–H and O–H groups in total. The Bertz CT molecular complexity index is 598. The van der Waals surface area contributed by atoms with Gasteiger partial charge in [-0.25, -0.2) is 4.39 Å². The first-order valence-corrected chi connectivity index (χ1v) is 6.38. The Hall–Kier alpha value is -2.41. The number of ether oxygens (including phenoxy) is 1. The predicted molar refractivity (Wildman–Crippen MR) is 73.4 cm³/mol. The molecule has 0 saturated heterocycles. The molecule has 0 spiro atoms. The molecule has 112 valence electrons. The van der Waals surface area contributed by atoms with E-state index in [0.29, 0.717) is 11.3 Å². The van der Waals surface area contributed by atoms with Crippen molar-refractivity contribution < 1.29 is 19.0 Å². The van der Waals surface area contributed by atoms with E-state index in [2.05, 4.69) is 10.4 Å². The molecule has 0 aliphatic rings. The van der Waals surface area contributed by atoms with Gasteiger partial charge in [0.05, 0.1) is 11.8 Å². The second kappa shape index (κ2) is 6.85. The molecule has 21 heavy (non-hydrogen) atoms. The maximum absolute atomic E-state index is 12.7. The number of hydrogen-bond donors (Lipinski definition) is 2. The topological polar surface area (TPSA) is 76.4 Å². The molecule has 1 atom stereocenters. The van der Waals surface area contributed by atoms with Gasteiger partial charge in [0.25, 0.3) is 5.91 Å². The lowest BCUT2D eigenvalue weighted by Gasteiger charge is -2.13. The molecule has 1 aromatic heterocycles. The standard InChI is InChI=1S/C14H16FN3O3/c1-18-8-10(6-17-18)14(20)16-7-12(19)9-21-13-4-2-11(15)3-5-13/h2-6,8,12,19H,7,9H2,1H3,(H,16,20). The number of aryl methyl sites for hydroxylation is 1. The van der Waals surface area contributed by atoms with E-state index in [-0.39, 0.29) is 24.9 Å². The Morgan fingerprint density at radius 3 is 2.81 bits per heavy atom. The summed E-state index contributed by atoms with van der Waals surface area (Å²) in [5.74, 6) is -0.218. The third-order valence-electron chi connectivity index (χ3n) is 2.72. The first-order valence-electron chi connectivity index (χ1n) is 6.38. The van der Waals surface area contributed by atoms with Crippen molar-refractivity contribution in [3.8, 4) is 5.75 Å². The van der Waals surface area contributed by atoms with Crippen molar-refractivity contribution in [3.63, 3.8) is 0 Å². The largest absolute Gasteiger partial charge is 0.491 e. The molecule has 6 nitrogen and oxygen atoms in total. The number of hydrogen-bond acceptors (Lipinski definition) is 4. The lowest BCUT2D eigenvalue weighted by molar-refractivity contribution is 0.0843. The summed E-state index contributed by atoms with van der Waals surface area (Å²) < 4.78 is 19.5. The number of aromatic nitrogens is 2. The number of carbonyl (C=O) groups is 1. The second-order valence-corrected chi connectivity index (χ2v) is 4.53. The average Bonchev–Trinajstić information content (AvgIpc) is 2.91. The minimum absolute atomic E-state index is 0.00104. The molecule has 0 bridgehead atoms. The van der Waals surface area contributed by atoms with Gasteiger partial charge in [-0.2, -0.15) is 5.10 Å². The van der Waals surface area contributed by atoms with E-state index in [4.69, 9.17) is 4.74 Å². The van der Waals surface area contributed by atoms with Crippen LogP contribution in [0.15, 0.2) is 36.7 Å². The Balaban J connectivity index is 1.73. The maximum atomic E-state index is 12.7. The second-order valence-electron chi connectivity index (χ2n) is 4.53. The Morgan fingerprint density at radius 1 is 1.48 bits per heavy atom. The number of halogens is 1. The third kappa shape index (κ3) is 4.57. The fraction of sp³-hybridized carbons (Fsp3) is 0.286. The van der Waals surface area contributed by atoms with Crippen LogP contribution in [0.5, 0.6) is 5.75 Å². The van der Waals surface area contributed by atoms with Crippen LogP contribution in [0.25, 0.3) is 0 Å². The number of benzene rings is 1. The van der Waals surface area contributed by atoms with Crippen LogP contribution >= 0.6 is 0 Å². The van der Waals surface area contributed by atoms with Crippen LogP contribution in [0.3, 0.4) is 0 Å². The Morgan fingerprint density at radius 2 is 2.19 bits per heavy atom. The summed E-state index contributed by atoms with van der Waals surface area (Å²) in [7, 11) is 1.71. The highest BCUT2D eigenvalue weighted by atomic mass is 19.1. The number of aliphatic hydroxyl groups excluding tert-OH is 1. The van der Waals surface area contributed by atoms with Gasteiger partial charge in [0.15, 0.2) is 0 Å². The van der Waals surface area contributed by atoms with Crippen LogP contribution in [-0.4, -0.2) is 40.0 Å². The van der Waals surface area contributed by atoms with Gasteiger partial charge in [-0.05, 0) is 24.3 Å². The molecule has 1 amide bonds. The van der Waals surface area contributed by atoms with E-state index < -0.39 is 6.10 Å². The molecular weight excluding hydrogens is 277 g/mol. The zero-order valence-corrected chi connectivity index (χ0v) is 11.5. The van der Waals surface area contributed by atoms with E-state index in [0.717, 1.165) is 0 Å². The first kappa shape index (κ1) is 15.0. The average molecular weight is 293 g/mol. The first-order chi connectivity index (χ1) is 10.0. The lowest BCUT2D eigenvalue weighted by Crippen LogP contribution is -2.35. The molecule has 1 heterocycles. The highest BCUT2D eigenvalue weighted by Crippen LogP contribution is 2.11. The Kier molecular flexibility index (Phi) is 4.89. The molecule has 0 fully saturated rings. The summed E-state index contributed by atoms with van der Waals surface area (Å²) in [5, 5.41) is 16.2. The number of nitrogens with one attached hydrogen (secondary N) is 1. The zero-order chi connectivity index (χ0) is 15.2. The summed E-state index contributed by atoms with van der Waals surface area (Å²) in [4.78, 5) is 11.7. The molecule has 0 aliphatic carbocycles. The van der Waals surface area contributed by atoms with E-state index in [1.54, 1.807) is 13.2 Å². The van der Waals surface area contributed by atoms with E-state index in [1.165, 1.54) is 35.1 Å². The summed E-state index contributed by atoms with van der Waals surface area (Å²) in [6.07, 6.45) is 2.16. The van der Waals surface area contributed by atoms with Crippen molar-refractivity contribution in [1.82, 2.24) is 15.1 Å².